The highest BCUT2D eigenvalue weighted by Gasteiger charge is 2.38. The number of benzene rings is 2. The van der Waals surface area contributed by atoms with E-state index in [0.29, 0.717) is 6.61 Å². The molecule has 0 aliphatic carbocycles. The molecule has 1 N–H and O–H groups in total. The van der Waals surface area contributed by atoms with Crippen LogP contribution in [0.3, 0.4) is 0 Å². The SMILES string of the molecule is Cc1ccc(S(=O)(=O)O[C@H]2CC(O)O[C@@H]2COCc2ccccc2)cc1. The second kappa shape index (κ2) is 8.28. The van der Waals surface area contributed by atoms with Gasteiger partial charge in [-0.2, -0.15) is 8.42 Å². The Balaban J connectivity index is 1.61. The Kier molecular flexibility index (Phi) is 6.05. The molecule has 140 valence electrons. The topological polar surface area (TPSA) is 82.1 Å². The number of aliphatic hydroxyl groups excluding tert-OH is 1. The lowest BCUT2D eigenvalue weighted by Gasteiger charge is -2.18. The van der Waals surface area contributed by atoms with E-state index in [-0.39, 0.29) is 17.9 Å². The normalized spacial score (nSPS) is 23.2. The van der Waals surface area contributed by atoms with Crippen molar-refractivity contribution in [3.63, 3.8) is 0 Å². The molecule has 0 spiro atoms. The van der Waals surface area contributed by atoms with Crippen molar-refractivity contribution < 1.29 is 27.2 Å². The fourth-order valence-electron chi connectivity index (χ4n) is 2.73. The molecule has 1 aliphatic rings. The highest BCUT2D eigenvalue weighted by Crippen LogP contribution is 2.26. The van der Waals surface area contributed by atoms with Crippen molar-refractivity contribution in [3.05, 3.63) is 65.7 Å². The Hall–Kier alpha value is -1.77. The van der Waals surface area contributed by atoms with E-state index >= 15 is 0 Å². The Labute approximate surface area is 153 Å². The lowest BCUT2D eigenvalue weighted by atomic mass is 10.2. The Morgan fingerprint density at radius 2 is 1.81 bits per heavy atom. The molecule has 0 saturated carbocycles. The van der Waals surface area contributed by atoms with Crippen LogP contribution < -0.4 is 0 Å². The summed E-state index contributed by atoms with van der Waals surface area (Å²) in [6, 6.07) is 16.0. The van der Waals surface area contributed by atoms with Gasteiger partial charge in [0.15, 0.2) is 6.29 Å². The van der Waals surface area contributed by atoms with Crippen molar-refractivity contribution in [1.29, 1.82) is 0 Å². The van der Waals surface area contributed by atoms with Crippen molar-refractivity contribution in [2.75, 3.05) is 6.61 Å². The summed E-state index contributed by atoms with van der Waals surface area (Å²) in [5.74, 6) is 0. The molecule has 1 unspecified atom stereocenters. The van der Waals surface area contributed by atoms with Crippen LogP contribution in [-0.2, 0) is 30.4 Å². The molecule has 2 aromatic rings. The first-order valence-electron chi connectivity index (χ1n) is 8.39. The molecule has 1 fully saturated rings. The summed E-state index contributed by atoms with van der Waals surface area (Å²) in [6.45, 7) is 2.37. The third kappa shape index (κ3) is 4.90. The molecule has 1 heterocycles. The summed E-state index contributed by atoms with van der Waals surface area (Å²) in [7, 11) is -3.94. The van der Waals surface area contributed by atoms with E-state index in [0.717, 1.165) is 11.1 Å². The van der Waals surface area contributed by atoms with Crippen molar-refractivity contribution in [2.24, 2.45) is 0 Å². The summed E-state index contributed by atoms with van der Waals surface area (Å²) in [5, 5.41) is 9.74. The minimum atomic E-state index is -3.94. The quantitative estimate of drug-likeness (QED) is 0.745. The molecule has 0 bridgehead atoms. The van der Waals surface area contributed by atoms with Crippen molar-refractivity contribution >= 4 is 10.1 Å². The number of aliphatic hydroxyl groups is 1. The van der Waals surface area contributed by atoms with Crippen LogP contribution in [-0.4, -0.2) is 38.6 Å². The van der Waals surface area contributed by atoms with E-state index in [4.69, 9.17) is 13.7 Å². The minimum absolute atomic E-state index is 0.0739. The average molecular weight is 378 g/mol. The van der Waals surface area contributed by atoms with Crippen molar-refractivity contribution in [3.8, 4) is 0 Å². The number of rotatable bonds is 7. The van der Waals surface area contributed by atoms with Crippen molar-refractivity contribution in [2.45, 2.75) is 43.3 Å². The lowest BCUT2D eigenvalue weighted by molar-refractivity contribution is -0.115. The van der Waals surface area contributed by atoms with Crippen LogP contribution in [0.2, 0.25) is 0 Å². The number of aryl methyl sites for hydroxylation is 1. The van der Waals surface area contributed by atoms with Crippen LogP contribution in [0.25, 0.3) is 0 Å². The van der Waals surface area contributed by atoms with Gasteiger partial charge in [0, 0.05) is 6.42 Å². The number of hydrogen-bond donors (Lipinski definition) is 1. The third-order valence-electron chi connectivity index (χ3n) is 4.13. The summed E-state index contributed by atoms with van der Waals surface area (Å²) in [6.07, 6.45) is -2.45. The lowest BCUT2D eigenvalue weighted by Crippen LogP contribution is -2.31. The van der Waals surface area contributed by atoms with Gasteiger partial charge in [0.05, 0.1) is 18.1 Å². The molecule has 6 nitrogen and oxygen atoms in total. The van der Waals surface area contributed by atoms with E-state index < -0.39 is 28.6 Å². The molecule has 0 radical (unpaired) electrons. The minimum Gasteiger partial charge on any atom is -0.374 e. The van der Waals surface area contributed by atoms with E-state index in [1.165, 1.54) is 12.1 Å². The second-order valence-corrected chi connectivity index (χ2v) is 7.84. The van der Waals surface area contributed by atoms with Gasteiger partial charge in [0.1, 0.15) is 12.2 Å². The molecule has 7 heteroatoms. The first kappa shape index (κ1) is 19.0. The predicted octanol–water partition coefficient (Wildman–Crippen LogP) is 2.39. The Morgan fingerprint density at radius 3 is 2.50 bits per heavy atom. The second-order valence-electron chi connectivity index (χ2n) is 6.27. The molecule has 3 atom stereocenters. The van der Waals surface area contributed by atoms with Gasteiger partial charge in [-0.3, -0.25) is 4.18 Å². The van der Waals surface area contributed by atoms with Gasteiger partial charge in [-0.15, -0.1) is 0 Å². The smallest absolute Gasteiger partial charge is 0.297 e. The molecule has 0 amide bonds. The maximum atomic E-state index is 12.4. The summed E-state index contributed by atoms with van der Waals surface area (Å²) in [4.78, 5) is 0.0773. The highest BCUT2D eigenvalue weighted by molar-refractivity contribution is 7.86. The van der Waals surface area contributed by atoms with Crippen LogP contribution in [0.1, 0.15) is 17.5 Å². The maximum absolute atomic E-state index is 12.4. The third-order valence-corrected chi connectivity index (χ3v) is 5.48. The van der Waals surface area contributed by atoms with Crippen LogP contribution in [0.5, 0.6) is 0 Å². The molecule has 3 rings (SSSR count). The predicted molar refractivity (Wildman–Crippen MR) is 94.8 cm³/mol. The summed E-state index contributed by atoms with van der Waals surface area (Å²) >= 11 is 0. The first-order valence-corrected chi connectivity index (χ1v) is 9.80. The van der Waals surface area contributed by atoms with Crippen molar-refractivity contribution in [1.82, 2.24) is 0 Å². The summed E-state index contributed by atoms with van der Waals surface area (Å²) < 4.78 is 41.2. The zero-order valence-electron chi connectivity index (χ0n) is 14.4. The van der Waals surface area contributed by atoms with Crippen LogP contribution in [0.4, 0.5) is 0 Å². The zero-order valence-corrected chi connectivity index (χ0v) is 15.3. The molecule has 0 aromatic heterocycles. The molecular formula is C19H22O6S. The number of ether oxygens (including phenoxy) is 2. The highest BCUT2D eigenvalue weighted by atomic mass is 32.2. The van der Waals surface area contributed by atoms with Gasteiger partial charge in [0.25, 0.3) is 10.1 Å². The van der Waals surface area contributed by atoms with Gasteiger partial charge in [-0.1, -0.05) is 48.0 Å². The molecule has 1 aliphatic heterocycles. The Morgan fingerprint density at radius 1 is 1.12 bits per heavy atom. The largest absolute Gasteiger partial charge is 0.374 e. The van der Waals surface area contributed by atoms with E-state index in [9.17, 15) is 13.5 Å². The summed E-state index contributed by atoms with van der Waals surface area (Å²) in [5.41, 5.74) is 1.95. The van der Waals surface area contributed by atoms with Gasteiger partial charge >= 0.3 is 0 Å². The average Bonchev–Trinajstić information content (AvgIpc) is 2.95. The molecule has 1 saturated heterocycles. The first-order chi connectivity index (χ1) is 12.4. The maximum Gasteiger partial charge on any atom is 0.297 e. The van der Waals surface area contributed by atoms with Gasteiger partial charge < -0.3 is 14.6 Å². The van der Waals surface area contributed by atoms with Gasteiger partial charge in [-0.25, -0.2) is 0 Å². The van der Waals surface area contributed by atoms with E-state index in [1.54, 1.807) is 12.1 Å². The van der Waals surface area contributed by atoms with Gasteiger partial charge in [-0.05, 0) is 24.6 Å². The van der Waals surface area contributed by atoms with E-state index in [1.807, 2.05) is 37.3 Å². The number of hydrogen-bond acceptors (Lipinski definition) is 6. The van der Waals surface area contributed by atoms with E-state index in [2.05, 4.69) is 0 Å². The monoisotopic (exact) mass is 378 g/mol. The Bertz CT molecular complexity index is 804. The van der Waals surface area contributed by atoms with Crippen LogP contribution >= 0.6 is 0 Å². The standard InChI is InChI=1S/C19H22O6S/c1-14-7-9-16(10-8-14)26(21,22)25-17-11-19(20)24-18(17)13-23-12-15-5-3-2-4-6-15/h2-10,17-20H,11-13H2,1H3/t17-,18+,19?/m0/s1. The van der Waals surface area contributed by atoms with Crippen LogP contribution in [0, 0.1) is 6.92 Å². The molecular weight excluding hydrogens is 356 g/mol. The fourth-order valence-corrected chi connectivity index (χ4v) is 3.84. The van der Waals surface area contributed by atoms with Crippen LogP contribution in [0.15, 0.2) is 59.5 Å². The zero-order chi connectivity index (χ0) is 18.6. The van der Waals surface area contributed by atoms with Gasteiger partial charge in [0.2, 0.25) is 0 Å². The fraction of sp³-hybridized carbons (Fsp3) is 0.368. The molecule has 26 heavy (non-hydrogen) atoms. The molecule has 2 aromatic carbocycles.